The molecule has 0 saturated heterocycles. The van der Waals surface area contributed by atoms with Crippen LogP contribution in [0.15, 0.2) is 42.5 Å². The lowest BCUT2D eigenvalue weighted by Gasteiger charge is -2.25. The van der Waals surface area contributed by atoms with E-state index in [2.05, 4.69) is 90.9 Å². The quantitative estimate of drug-likeness (QED) is 0.533. The molecule has 3 aromatic rings. The van der Waals surface area contributed by atoms with Gasteiger partial charge in [0, 0.05) is 22.3 Å². The number of aromatic nitrogens is 3. The number of rotatable bonds is 2. The zero-order chi connectivity index (χ0) is 20.3. The lowest BCUT2D eigenvalue weighted by Crippen LogP contribution is -2.20. The second-order valence-corrected chi connectivity index (χ2v) is 9.64. The normalized spacial score (nSPS) is 14.9. The molecule has 28 heavy (non-hydrogen) atoms. The molecule has 4 rings (SSSR count). The molecule has 144 valence electrons. The van der Waals surface area contributed by atoms with E-state index in [1.165, 1.54) is 22.3 Å². The van der Waals surface area contributed by atoms with Crippen LogP contribution in [0.3, 0.4) is 0 Å². The van der Waals surface area contributed by atoms with Gasteiger partial charge in [0.2, 0.25) is 0 Å². The molecule has 0 atom stereocenters. The molecule has 0 aliphatic heterocycles. The van der Waals surface area contributed by atoms with Gasteiger partial charge in [0.05, 0.1) is 0 Å². The highest BCUT2D eigenvalue weighted by molar-refractivity contribution is 5.86. The second kappa shape index (κ2) is 6.23. The fraction of sp³-hybridized carbons (Fsp3) is 0.400. The van der Waals surface area contributed by atoms with Gasteiger partial charge in [-0.25, -0.2) is 15.0 Å². The van der Waals surface area contributed by atoms with Crippen molar-refractivity contribution >= 4 is 0 Å². The minimum Gasteiger partial charge on any atom is -0.217 e. The van der Waals surface area contributed by atoms with E-state index in [0.717, 1.165) is 23.0 Å². The van der Waals surface area contributed by atoms with Gasteiger partial charge in [-0.2, -0.15) is 0 Å². The molecule has 1 heterocycles. The Labute approximate surface area is 168 Å². The highest BCUT2D eigenvalue weighted by Gasteiger charge is 2.38. The summed E-state index contributed by atoms with van der Waals surface area (Å²) in [4.78, 5) is 14.6. The topological polar surface area (TPSA) is 38.7 Å². The first kappa shape index (κ1) is 18.8. The standard InChI is InChI=1S/C25H29N3/c1-15(2)21-26-22(28-23(27-21)24(3,4)5)18-13-10-12-17-16-11-8-9-14-19(16)25(6,7)20(17)18/h8-15H,1-7H3. The molecule has 0 spiro atoms. The first-order chi connectivity index (χ1) is 13.1. The Morgan fingerprint density at radius 1 is 0.786 bits per heavy atom. The molecule has 1 aliphatic carbocycles. The van der Waals surface area contributed by atoms with Crippen LogP contribution in [0.1, 0.15) is 77.2 Å². The lowest BCUT2D eigenvalue weighted by atomic mass is 9.80. The molecule has 2 aromatic carbocycles. The highest BCUT2D eigenvalue weighted by Crippen LogP contribution is 2.51. The molecule has 0 N–H and O–H groups in total. The van der Waals surface area contributed by atoms with Crippen LogP contribution in [0.2, 0.25) is 0 Å². The van der Waals surface area contributed by atoms with Gasteiger partial charge in [-0.05, 0) is 22.3 Å². The van der Waals surface area contributed by atoms with Crippen molar-refractivity contribution in [3.63, 3.8) is 0 Å². The fourth-order valence-corrected chi connectivity index (χ4v) is 4.14. The Kier molecular flexibility index (Phi) is 4.18. The first-order valence-electron chi connectivity index (χ1n) is 10.1. The van der Waals surface area contributed by atoms with Crippen molar-refractivity contribution in [2.45, 2.75) is 65.2 Å². The fourth-order valence-electron chi connectivity index (χ4n) is 4.14. The average Bonchev–Trinajstić information content (AvgIpc) is 2.89. The molecule has 3 heteroatoms. The molecule has 0 radical (unpaired) electrons. The van der Waals surface area contributed by atoms with Crippen molar-refractivity contribution in [2.75, 3.05) is 0 Å². The van der Waals surface area contributed by atoms with E-state index in [0.29, 0.717) is 0 Å². The highest BCUT2D eigenvalue weighted by atomic mass is 15.0. The number of hydrogen-bond acceptors (Lipinski definition) is 3. The summed E-state index contributed by atoms with van der Waals surface area (Å²) in [5.41, 5.74) is 6.20. The van der Waals surface area contributed by atoms with E-state index >= 15 is 0 Å². The second-order valence-electron chi connectivity index (χ2n) is 9.64. The minimum absolute atomic E-state index is 0.0883. The van der Waals surface area contributed by atoms with E-state index in [1.54, 1.807) is 0 Å². The minimum atomic E-state index is -0.127. The number of fused-ring (bicyclic) bond motifs is 3. The third-order valence-electron chi connectivity index (χ3n) is 5.66. The first-order valence-corrected chi connectivity index (χ1v) is 10.1. The number of benzene rings is 2. The van der Waals surface area contributed by atoms with Crippen LogP contribution in [0.4, 0.5) is 0 Å². The third kappa shape index (κ3) is 2.85. The van der Waals surface area contributed by atoms with Crippen molar-refractivity contribution in [3.8, 4) is 22.5 Å². The van der Waals surface area contributed by atoms with Crippen LogP contribution in [0.5, 0.6) is 0 Å². The SMILES string of the molecule is CC(C)c1nc(-c2cccc3c2C(C)(C)c2ccccc2-3)nc(C(C)(C)C)n1. The van der Waals surface area contributed by atoms with Crippen molar-refractivity contribution in [1.29, 1.82) is 0 Å². The molecule has 0 amide bonds. The van der Waals surface area contributed by atoms with E-state index in [9.17, 15) is 0 Å². The van der Waals surface area contributed by atoms with Gasteiger partial charge in [-0.1, -0.05) is 90.9 Å². The van der Waals surface area contributed by atoms with Gasteiger partial charge in [0.25, 0.3) is 0 Å². The maximum absolute atomic E-state index is 4.94. The summed E-state index contributed by atoms with van der Waals surface area (Å²) >= 11 is 0. The summed E-state index contributed by atoms with van der Waals surface area (Å²) in [6.45, 7) is 15.4. The molecule has 1 aliphatic rings. The summed E-state index contributed by atoms with van der Waals surface area (Å²) in [5.74, 6) is 2.76. The third-order valence-corrected chi connectivity index (χ3v) is 5.66. The van der Waals surface area contributed by atoms with Gasteiger partial charge in [-0.3, -0.25) is 0 Å². The lowest BCUT2D eigenvalue weighted by molar-refractivity contribution is 0.533. The van der Waals surface area contributed by atoms with Gasteiger partial charge in [0.1, 0.15) is 11.6 Å². The van der Waals surface area contributed by atoms with E-state index in [-0.39, 0.29) is 16.7 Å². The monoisotopic (exact) mass is 371 g/mol. The molecule has 1 aromatic heterocycles. The smallest absolute Gasteiger partial charge is 0.163 e. The molecule has 0 bridgehead atoms. The maximum Gasteiger partial charge on any atom is 0.163 e. The Hall–Kier alpha value is -2.55. The Morgan fingerprint density at radius 3 is 2.11 bits per heavy atom. The summed E-state index contributed by atoms with van der Waals surface area (Å²) in [5, 5.41) is 0. The van der Waals surface area contributed by atoms with Crippen LogP contribution in [-0.4, -0.2) is 15.0 Å². The maximum atomic E-state index is 4.94. The summed E-state index contributed by atoms with van der Waals surface area (Å²) in [7, 11) is 0. The predicted molar refractivity (Wildman–Crippen MR) is 116 cm³/mol. The molecule has 0 fully saturated rings. The largest absolute Gasteiger partial charge is 0.217 e. The van der Waals surface area contributed by atoms with Gasteiger partial charge in [0.15, 0.2) is 5.82 Å². The van der Waals surface area contributed by atoms with Gasteiger partial charge >= 0.3 is 0 Å². The Bertz CT molecular complexity index is 1060. The molecule has 3 nitrogen and oxygen atoms in total. The number of hydrogen-bond donors (Lipinski definition) is 0. The van der Waals surface area contributed by atoms with Crippen LogP contribution in [0.25, 0.3) is 22.5 Å². The average molecular weight is 372 g/mol. The Balaban J connectivity index is 2.00. The summed E-state index contributed by atoms with van der Waals surface area (Å²) in [6.07, 6.45) is 0. The number of nitrogens with zero attached hydrogens (tertiary/aromatic N) is 3. The van der Waals surface area contributed by atoms with Gasteiger partial charge < -0.3 is 0 Å². The molecular weight excluding hydrogens is 342 g/mol. The van der Waals surface area contributed by atoms with Crippen LogP contribution < -0.4 is 0 Å². The van der Waals surface area contributed by atoms with Crippen molar-refractivity contribution < 1.29 is 0 Å². The zero-order valence-electron chi connectivity index (χ0n) is 18.0. The van der Waals surface area contributed by atoms with Crippen LogP contribution in [-0.2, 0) is 10.8 Å². The molecule has 0 saturated carbocycles. The van der Waals surface area contributed by atoms with Crippen LogP contribution >= 0.6 is 0 Å². The van der Waals surface area contributed by atoms with Crippen LogP contribution in [0, 0.1) is 0 Å². The van der Waals surface area contributed by atoms with Crippen molar-refractivity contribution in [3.05, 3.63) is 65.2 Å². The predicted octanol–water partition coefficient (Wildman–Crippen LogP) is 6.27. The van der Waals surface area contributed by atoms with E-state index in [4.69, 9.17) is 15.0 Å². The summed E-state index contributed by atoms with van der Waals surface area (Å²) < 4.78 is 0. The van der Waals surface area contributed by atoms with E-state index in [1.807, 2.05) is 0 Å². The van der Waals surface area contributed by atoms with Crippen molar-refractivity contribution in [1.82, 2.24) is 15.0 Å². The van der Waals surface area contributed by atoms with Gasteiger partial charge in [-0.15, -0.1) is 0 Å². The van der Waals surface area contributed by atoms with E-state index < -0.39 is 0 Å². The zero-order valence-corrected chi connectivity index (χ0v) is 18.0. The van der Waals surface area contributed by atoms with Crippen molar-refractivity contribution in [2.24, 2.45) is 0 Å². The molecule has 0 unspecified atom stereocenters. The summed E-state index contributed by atoms with van der Waals surface area (Å²) in [6, 6.07) is 15.2. The Morgan fingerprint density at radius 2 is 1.43 bits per heavy atom. The molecular formula is C25H29N3.